The molecular formula is C9H12N2O3. The molecular weight excluding hydrogens is 184 g/mol. The molecule has 0 aliphatic rings. The second kappa shape index (κ2) is 6.06. The van der Waals surface area contributed by atoms with Gasteiger partial charge >= 0.3 is 5.97 Å². The first-order valence-electron chi connectivity index (χ1n) is 4.14. The maximum Gasteiger partial charge on any atom is 0.340 e. The molecule has 5 heteroatoms. The minimum Gasteiger partial charge on any atom is -0.435 e. The number of nitrogens with one attached hydrogen (secondary N) is 1. The van der Waals surface area contributed by atoms with E-state index < -0.39 is 5.97 Å². The van der Waals surface area contributed by atoms with Gasteiger partial charge in [0.15, 0.2) is 6.79 Å². The van der Waals surface area contributed by atoms with Gasteiger partial charge in [0.05, 0.1) is 5.56 Å². The minimum absolute atomic E-state index is 0.0536. The Hall–Kier alpha value is -1.46. The largest absolute Gasteiger partial charge is 0.435 e. The van der Waals surface area contributed by atoms with Gasteiger partial charge in [-0.2, -0.15) is 0 Å². The van der Waals surface area contributed by atoms with Crippen LogP contribution >= 0.6 is 0 Å². The van der Waals surface area contributed by atoms with Crippen LogP contribution in [0.2, 0.25) is 0 Å². The lowest BCUT2D eigenvalue weighted by Gasteiger charge is -2.04. The first-order valence-corrected chi connectivity index (χ1v) is 4.14. The summed E-state index contributed by atoms with van der Waals surface area (Å²) in [5.74, 6) is -0.413. The summed E-state index contributed by atoms with van der Waals surface area (Å²) >= 11 is 0. The zero-order valence-electron chi connectivity index (χ0n) is 7.90. The predicted octanol–water partition coefficient (Wildman–Crippen LogP) is 0.389. The van der Waals surface area contributed by atoms with Crippen molar-refractivity contribution in [3.8, 4) is 0 Å². The Labute approximate surface area is 82.0 Å². The molecule has 0 radical (unpaired) electrons. The van der Waals surface area contributed by atoms with E-state index in [4.69, 9.17) is 9.47 Å². The van der Waals surface area contributed by atoms with Crippen molar-refractivity contribution in [3.05, 3.63) is 30.1 Å². The normalized spacial score (nSPS) is 9.79. The summed E-state index contributed by atoms with van der Waals surface area (Å²) in [4.78, 5) is 15.0. The zero-order valence-corrected chi connectivity index (χ0v) is 7.90. The molecule has 0 unspecified atom stereocenters. The van der Waals surface area contributed by atoms with Crippen LogP contribution in [0.25, 0.3) is 0 Å². The molecule has 1 aromatic heterocycles. The van der Waals surface area contributed by atoms with Crippen LogP contribution in [0.15, 0.2) is 24.5 Å². The van der Waals surface area contributed by atoms with Crippen LogP contribution in [0.4, 0.5) is 0 Å². The number of ether oxygens (including phenoxy) is 2. The van der Waals surface area contributed by atoms with Gasteiger partial charge in [-0.3, -0.25) is 10.3 Å². The van der Waals surface area contributed by atoms with Crippen LogP contribution in [0, 0.1) is 0 Å². The van der Waals surface area contributed by atoms with Crippen molar-refractivity contribution in [1.29, 1.82) is 0 Å². The molecule has 0 fully saturated rings. The summed E-state index contributed by atoms with van der Waals surface area (Å²) in [5.41, 5.74) is 0.466. The molecule has 1 N–H and O–H groups in total. The molecule has 1 rings (SSSR count). The van der Waals surface area contributed by atoms with Crippen LogP contribution in [-0.2, 0) is 9.47 Å². The Balaban J connectivity index is 2.29. The molecule has 0 amide bonds. The first kappa shape index (κ1) is 10.6. The average molecular weight is 196 g/mol. The number of pyridine rings is 1. The Bertz CT molecular complexity index is 277. The molecule has 0 aliphatic carbocycles. The van der Waals surface area contributed by atoms with Crippen LogP contribution in [-0.4, -0.2) is 31.5 Å². The van der Waals surface area contributed by atoms with Gasteiger partial charge in [-0.1, -0.05) is 0 Å². The van der Waals surface area contributed by atoms with Crippen molar-refractivity contribution in [1.82, 2.24) is 10.3 Å². The average Bonchev–Trinajstić information content (AvgIpc) is 2.25. The van der Waals surface area contributed by atoms with Gasteiger partial charge in [-0.05, 0) is 19.2 Å². The van der Waals surface area contributed by atoms with Gasteiger partial charge in [-0.15, -0.1) is 0 Å². The third-order valence-corrected chi connectivity index (χ3v) is 1.44. The molecule has 0 aliphatic heterocycles. The number of rotatable bonds is 5. The first-order chi connectivity index (χ1) is 6.84. The molecule has 0 aromatic carbocycles. The summed E-state index contributed by atoms with van der Waals surface area (Å²) in [6.45, 7) is 0.297. The monoisotopic (exact) mass is 196 g/mol. The molecule has 0 saturated heterocycles. The van der Waals surface area contributed by atoms with Gasteiger partial charge in [0.25, 0.3) is 0 Å². The van der Waals surface area contributed by atoms with E-state index in [2.05, 4.69) is 10.3 Å². The van der Waals surface area contributed by atoms with E-state index >= 15 is 0 Å². The van der Waals surface area contributed by atoms with Crippen molar-refractivity contribution in [2.45, 2.75) is 0 Å². The van der Waals surface area contributed by atoms with Crippen molar-refractivity contribution in [2.24, 2.45) is 0 Å². The molecule has 0 atom stereocenters. The van der Waals surface area contributed by atoms with E-state index in [9.17, 15) is 4.79 Å². The number of aromatic nitrogens is 1. The summed E-state index contributed by atoms with van der Waals surface area (Å²) in [5, 5.41) is 2.76. The second-order valence-electron chi connectivity index (χ2n) is 2.49. The summed E-state index contributed by atoms with van der Waals surface area (Å²) in [6.07, 6.45) is 3.07. The van der Waals surface area contributed by atoms with Crippen LogP contribution in [0.1, 0.15) is 10.4 Å². The fourth-order valence-corrected chi connectivity index (χ4v) is 0.810. The number of nitrogens with zero attached hydrogens (tertiary/aromatic N) is 1. The lowest BCUT2D eigenvalue weighted by atomic mass is 10.3. The fourth-order valence-electron chi connectivity index (χ4n) is 0.810. The maximum absolute atomic E-state index is 11.3. The highest BCUT2D eigenvalue weighted by Gasteiger charge is 2.04. The summed E-state index contributed by atoms with van der Waals surface area (Å²) in [6, 6.07) is 3.17. The van der Waals surface area contributed by atoms with Gasteiger partial charge < -0.3 is 9.47 Å². The third kappa shape index (κ3) is 3.51. The Kier molecular flexibility index (Phi) is 4.60. The highest BCUT2D eigenvalue weighted by Crippen LogP contribution is 1.98. The second-order valence-corrected chi connectivity index (χ2v) is 2.49. The molecule has 0 spiro atoms. The molecule has 5 nitrogen and oxygen atoms in total. The summed E-state index contributed by atoms with van der Waals surface area (Å²) in [7, 11) is 1.74. The number of esters is 1. The topological polar surface area (TPSA) is 60.5 Å². The van der Waals surface area contributed by atoms with Crippen molar-refractivity contribution in [2.75, 3.05) is 20.6 Å². The van der Waals surface area contributed by atoms with E-state index in [1.54, 1.807) is 19.2 Å². The van der Waals surface area contributed by atoms with Crippen molar-refractivity contribution in [3.63, 3.8) is 0 Å². The molecule has 1 aromatic rings. The molecule has 76 valence electrons. The SMILES string of the molecule is CNCOCOC(=O)c1ccncc1. The Morgan fingerprint density at radius 1 is 1.50 bits per heavy atom. The minimum atomic E-state index is -0.413. The smallest absolute Gasteiger partial charge is 0.340 e. The van der Waals surface area contributed by atoms with E-state index in [0.29, 0.717) is 12.3 Å². The van der Waals surface area contributed by atoms with E-state index in [1.807, 2.05) is 0 Å². The summed E-state index contributed by atoms with van der Waals surface area (Å²) < 4.78 is 9.71. The Morgan fingerprint density at radius 3 is 2.86 bits per heavy atom. The Morgan fingerprint density at radius 2 is 2.21 bits per heavy atom. The van der Waals surface area contributed by atoms with Crippen LogP contribution < -0.4 is 5.32 Å². The van der Waals surface area contributed by atoms with E-state index in [1.165, 1.54) is 12.4 Å². The quantitative estimate of drug-likeness (QED) is 0.419. The highest BCUT2D eigenvalue weighted by molar-refractivity contribution is 5.89. The lowest BCUT2D eigenvalue weighted by molar-refractivity contribution is -0.0353. The van der Waals surface area contributed by atoms with E-state index in [0.717, 1.165) is 0 Å². The maximum atomic E-state index is 11.3. The van der Waals surface area contributed by atoms with Crippen LogP contribution in [0.5, 0.6) is 0 Å². The van der Waals surface area contributed by atoms with Crippen molar-refractivity contribution >= 4 is 5.97 Å². The standard InChI is InChI=1S/C9H12N2O3/c1-10-6-13-7-14-9(12)8-2-4-11-5-3-8/h2-5,10H,6-7H2,1H3. The molecule has 14 heavy (non-hydrogen) atoms. The third-order valence-electron chi connectivity index (χ3n) is 1.44. The number of carbonyl (C=O) groups excluding carboxylic acids is 1. The molecule has 0 bridgehead atoms. The number of hydrogen-bond acceptors (Lipinski definition) is 5. The van der Waals surface area contributed by atoms with Gasteiger partial charge in [0.1, 0.15) is 6.73 Å². The lowest BCUT2D eigenvalue weighted by Crippen LogP contribution is -2.15. The molecule has 0 saturated carbocycles. The van der Waals surface area contributed by atoms with Gasteiger partial charge in [0, 0.05) is 12.4 Å². The van der Waals surface area contributed by atoms with Gasteiger partial charge in [0.2, 0.25) is 0 Å². The van der Waals surface area contributed by atoms with E-state index in [-0.39, 0.29) is 6.79 Å². The predicted molar refractivity (Wildman–Crippen MR) is 49.5 cm³/mol. The molecule has 1 heterocycles. The van der Waals surface area contributed by atoms with Crippen molar-refractivity contribution < 1.29 is 14.3 Å². The van der Waals surface area contributed by atoms with Crippen LogP contribution in [0.3, 0.4) is 0 Å². The highest BCUT2D eigenvalue weighted by atomic mass is 16.7. The number of carbonyl (C=O) groups is 1. The number of hydrogen-bond donors (Lipinski definition) is 1. The van der Waals surface area contributed by atoms with Gasteiger partial charge in [-0.25, -0.2) is 4.79 Å². The zero-order chi connectivity index (χ0) is 10.2. The fraction of sp³-hybridized carbons (Fsp3) is 0.333.